The third-order valence-electron chi connectivity index (χ3n) is 1.68. The number of hydrogen-bond donors (Lipinski definition) is 0. The average Bonchev–Trinajstić information content (AvgIpc) is 1.81. The standard InChI is InChI=1S/C8H16/c1-7-3-5-8(2)6-4-7/h7-8H,3-6H2,1-2H3/i3D,4D2. The van der Waals surface area contributed by atoms with Gasteiger partial charge in [-0.3, -0.25) is 0 Å². The van der Waals surface area contributed by atoms with Crippen molar-refractivity contribution in [3.63, 3.8) is 0 Å². The Morgan fingerprint density at radius 2 is 2.00 bits per heavy atom. The van der Waals surface area contributed by atoms with E-state index in [9.17, 15) is 0 Å². The summed E-state index contributed by atoms with van der Waals surface area (Å²) in [5.74, 6) is 0.280. The lowest BCUT2D eigenvalue weighted by Gasteiger charge is -2.22. The van der Waals surface area contributed by atoms with Gasteiger partial charge >= 0.3 is 0 Å². The summed E-state index contributed by atoms with van der Waals surface area (Å²) in [5.41, 5.74) is 0. The largest absolute Gasteiger partial charge is 0.0625 e. The van der Waals surface area contributed by atoms with Crippen LogP contribution in [0.25, 0.3) is 0 Å². The second-order valence-corrected chi connectivity index (χ2v) is 2.77. The smallest absolute Gasteiger partial charge is 0.0269 e. The summed E-state index contributed by atoms with van der Waals surface area (Å²) >= 11 is 0. The molecule has 1 saturated carbocycles. The summed E-state index contributed by atoms with van der Waals surface area (Å²) in [7, 11) is 0. The summed E-state index contributed by atoms with van der Waals surface area (Å²) in [4.78, 5) is 0. The van der Waals surface area contributed by atoms with Gasteiger partial charge in [-0.2, -0.15) is 0 Å². The quantitative estimate of drug-likeness (QED) is 0.455. The Hall–Kier alpha value is 0. The molecular formula is C8H16. The highest BCUT2D eigenvalue weighted by Gasteiger charge is 2.13. The van der Waals surface area contributed by atoms with Gasteiger partial charge in [-0.15, -0.1) is 0 Å². The molecule has 0 aromatic heterocycles. The zero-order chi connectivity index (χ0) is 8.65. The molecule has 48 valence electrons. The van der Waals surface area contributed by atoms with Gasteiger partial charge in [0.1, 0.15) is 0 Å². The molecule has 0 amide bonds. The van der Waals surface area contributed by atoms with Crippen molar-refractivity contribution in [2.75, 3.05) is 0 Å². The van der Waals surface area contributed by atoms with Crippen LogP contribution in [0.15, 0.2) is 0 Å². The van der Waals surface area contributed by atoms with Crippen LogP contribution in [-0.4, -0.2) is 0 Å². The summed E-state index contributed by atoms with van der Waals surface area (Å²) in [6, 6.07) is 0. The van der Waals surface area contributed by atoms with Crippen LogP contribution < -0.4 is 0 Å². The highest BCUT2D eigenvalue weighted by Crippen LogP contribution is 2.27. The van der Waals surface area contributed by atoms with Crippen molar-refractivity contribution < 1.29 is 4.11 Å². The van der Waals surface area contributed by atoms with E-state index >= 15 is 0 Å². The first-order valence-electron chi connectivity index (χ1n) is 4.93. The molecule has 1 fully saturated rings. The van der Waals surface area contributed by atoms with Crippen molar-refractivity contribution in [3.8, 4) is 0 Å². The molecule has 0 bridgehead atoms. The van der Waals surface area contributed by atoms with E-state index in [4.69, 9.17) is 4.11 Å². The first kappa shape index (κ1) is 3.24. The molecule has 0 heteroatoms. The molecule has 0 radical (unpaired) electrons. The fourth-order valence-corrected chi connectivity index (χ4v) is 0.990. The van der Waals surface area contributed by atoms with Gasteiger partial charge in [0.2, 0.25) is 0 Å². The Labute approximate surface area is 56.5 Å². The highest BCUT2D eigenvalue weighted by atomic mass is 14.2. The van der Waals surface area contributed by atoms with E-state index in [-0.39, 0.29) is 12.3 Å². The average molecular weight is 115 g/mol. The zero-order valence-electron chi connectivity index (χ0n) is 8.65. The van der Waals surface area contributed by atoms with Gasteiger partial charge in [-0.1, -0.05) is 39.5 Å². The first-order valence-corrected chi connectivity index (χ1v) is 3.36. The van der Waals surface area contributed by atoms with Crippen molar-refractivity contribution in [1.82, 2.24) is 0 Å². The molecule has 3 unspecified atom stereocenters. The molecule has 1 aliphatic carbocycles. The van der Waals surface area contributed by atoms with E-state index in [1.165, 1.54) is 0 Å². The van der Waals surface area contributed by atoms with Crippen LogP contribution in [0.1, 0.15) is 43.6 Å². The van der Waals surface area contributed by atoms with E-state index in [2.05, 4.69) is 0 Å². The van der Waals surface area contributed by atoms with Crippen molar-refractivity contribution in [2.24, 2.45) is 11.8 Å². The molecular weight excluding hydrogens is 96.1 g/mol. The second kappa shape index (κ2) is 2.52. The van der Waals surface area contributed by atoms with E-state index in [0.717, 1.165) is 6.42 Å². The molecule has 0 nitrogen and oxygen atoms in total. The molecule has 0 aromatic rings. The van der Waals surface area contributed by atoms with Crippen LogP contribution in [-0.2, 0) is 0 Å². The molecule has 8 heavy (non-hydrogen) atoms. The molecule has 0 aliphatic heterocycles. The van der Waals surface area contributed by atoms with Gasteiger partial charge in [-0.25, -0.2) is 0 Å². The van der Waals surface area contributed by atoms with Crippen LogP contribution in [0.3, 0.4) is 0 Å². The predicted octanol–water partition coefficient (Wildman–Crippen LogP) is 2.83. The van der Waals surface area contributed by atoms with Crippen LogP contribution in [0.4, 0.5) is 0 Å². The third-order valence-corrected chi connectivity index (χ3v) is 1.68. The Morgan fingerprint density at radius 1 is 1.25 bits per heavy atom. The van der Waals surface area contributed by atoms with Gasteiger partial charge in [0.05, 0.1) is 0 Å². The molecule has 0 N–H and O–H groups in total. The molecule has 1 rings (SSSR count). The van der Waals surface area contributed by atoms with Crippen LogP contribution in [0.2, 0.25) is 0 Å². The minimum absolute atomic E-state index is 0.0984. The van der Waals surface area contributed by atoms with Gasteiger partial charge in [-0.05, 0) is 11.8 Å². The molecule has 0 heterocycles. The van der Waals surface area contributed by atoms with E-state index in [1.807, 2.05) is 13.8 Å². The SMILES string of the molecule is [2H]C1CC(C)CC([2H])([2H])C1C. The predicted molar refractivity (Wildman–Crippen MR) is 36.8 cm³/mol. The second-order valence-electron chi connectivity index (χ2n) is 2.77. The zero-order valence-corrected chi connectivity index (χ0v) is 5.65. The lowest BCUT2D eigenvalue weighted by atomic mass is 9.84. The van der Waals surface area contributed by atoms with Crippen LogP contribution >= 0.6 is 0 Å². The summed E-state index contributed by atoms with van der Waals surface area (Å²) in [6.07, 6.45) is 0.183. The highest BCUT2D eigenvalue weighted by molar-refractivity contribution is 4.65. The fraction of sp³-hybridized carbons (Fsp3) is 1.00. The molecule has 1 aliphatic rings. The Kier molecular flexibility index (Phi) is 1.02. The van der Waals surface area contributed by atoms with E-state index < -0.39 is 6.37 Å². The summed E-state index contributed by atoms with van der Waals surface area (Å²) in [5, 5.41) is 0. The molecule has 3 atom stereocenters. The minimum atomic E-state index is -1.11. The normalized spacial score (nSPS) is 60.8. The number of hydrogen-bond acceptors (Lipinski definition) is 0. The van der Waals surface area contributed by atoms with Gasteiger partial charge < -0.3 is 0 Å². The summed E-state index contributed by atoms with van der Waals surface area (Å²) in [6.45, 7) is 3.88. The first-order chi connectivity index (χ1) is 4.93. The molecule has 0 saturated heterocycles. The van der Waals surface area contributed by atoms with E-state index in [0.29, 0.717) is 12.3 Å². The fourth-order valence-electron chi connectivity index (χ4n) is 0.990. The maximum Gasteiger partial charge on any atom is 0.0269 e. The Morgan fingerprint density at radius 3 is 2.62 bits per heavy atom. The Bertz CT molecular complexity index is 144. The van der Waals surface area contributed by atoms with Crippen molar-refractivity contribution >= 4 is 0 Å². The van der Waals surface area contributed by atoms with Gasteiger partial charge in [0.15, 0.2) is 0 Å². The molecule has 0 aromatic carbocycles. The van der Waals surface area contributed by atoms with Crippen molar-refractivity contribution in [2.45, 2.75) is 39.5 Å². The maximum atomic E-state index is 7.64. The topological polar surface area (TPSA) is 0 Å². The lowest BCUT2D eigenvalue weighted by Crippen LogP contribution is -2.08. The van der Waals surface area contributed by atoms with E-state index in [1.54, 1.807) is 0 Å². The Balaban J connectivity index is 2.67. The molecule has 0 spiro atoms. The van der Waals surface area contributed by atoms with Gasteiger partial charge in [0, 0.05) is 4.11 Å². The van der Waals surface area contributed by atoms with Crippen LogP contribution in [0, 0.1) is 11.8 Å². The summed E-state index contributed by atoms with van der Waals surface area (Å²) < 4.78 is 22.9. The minimum Gasteiger partial charge on any atom is -0.0625 e. The van der Waals surface area contributed by atoms with Crippen molar-refractivity contribution in [3.05, 3.63) is 0 Å². The van der Waals surface area contributed by atoms with Crippen LogP contribution in [0.5, 0.6) is 0 Å². The number of rotatable bonds is 0. The van der Waals surface area contributed by atoms with Crippen molar-refractivity contribution in [1.29, 1.82) is 0 Å². The third kappa shape index (κ3) is 1.50. The lowest BCUT2D eigenvalue weighted by molar-refractivity contribution is 0.308. The monoisotopic (exact) mass is 115 g/mol. The maximum absolute atomic E-state index is 7.64. The van der Waals surface area contributed by atoms with Gasteiger partial charge in [0.25, 0.3) is 0 Å².